The second-order valence-corrected chi connectivity index (χ2v) is 7.82. The van der Waals surface area contributed by atoms with E-state index in [0.29, 0.717) is 17.7 Å². The molecule has 31 heavy (non-hydrogen) atoms. The summed E-state index contributed by atoms with van der Waals surface area (Å²) >= 11 is 0. The van der Waals surface area contributed by atoms with Crippen molar-refractivity contribution in [3.8, 4) is 11.3 Å². The van der Waals surface area contributed by atoms with Crippen LogP contribution in [0.1, 0.15) is 39.1 Å². The Labute approximate surface area is 181 Å². The van der Waals surface area contributed by atoms with E-state index in [2.05, 4.69) is 24.3 Å². The first-order valence-electron chi connectivity index (χ1n) is 10.6. The maximum absolute atomic E-state index is 12.6. The van der Waals surface area contributed by atoms with Crippen molar-refractivity contribution in [3.63, 3.8) is 0 Å². The number of para-hydroxylation sites is 1. The molecule has 2 heterocycles. The molecule has 2 amide bonds. The van der Waals surface area contributed by atoms with Crippen LogP contribution in [-0.2, 0) is 6.42 Å². The van der Waals surface area contributed by atoms with Crippen LogP contribution in [0.3, 0.4) is 0 Å². The number of amides is 2. The lowest BCUT2D eigenvalue weighted by molar-refractivity contribution is 0.0652. The van der Waals surface area contributed by atoms with Crippen molar-refractivity contribution in [1.82, 2.24) is 9.88 Å². The first-order valence-corrected chi connectivity index (χ1v) is 10.6. The molecule has 0 aliphatic carbocycles. The summed E-state index contributed by atoms with van der Waals surface area (Å²) in [4.78, 5) is 31.4. The zero-order chi connectivity index (χ0) is 21.2. The van der Waals surface area contributed by atoms with Gasteiger partial charge in [0, 0.05) is 17.5 Å². The normalized spacial score (nSPS) is 13.1. The number of carbonyl (C=O) groups excluding carboxylic acids is 2. The summed E-state index contributed by atoms with van der Waals surface area (Å²) in [7, 11) is 0. The first-order chi connectivity index (χ1) is 15.2. The van der Waals surface area contributed by atoms with Gasteiger partial charge in [-0.25, -0.2) is 4.98 Å². The van der Waals surface area contributed by atoms with Crippen molar-refractivity contribution in [2.24, 2.45) is 0 Å². The van der Waals surface area contributed by atoms with Gasteiger partial charge < -0.3 is 0 Å². The third-order valence-corrected chi connectivity index (χ3v) is 5.81. The fraction of sp³-hybridized carbons (Fsp3) is 0.148. The minimum Gasteiger partial charge on any atom is -0.274 e. The van der Waals surface area contributed by atoms with E-state index in [9.17, 15) is 9.59 Å². The summed E-state index contributed by atoms with van der Waals surface area (Å²) < 4.78 is 0. The Morgan fingerprint density at radius 3 is 2.10 bits per heavy atom. The Morgan fingerprint density at radius 1 is 0.710 bits per heavy atom. The highest BCUT2D eigenvalue weighted by atomic mass is 16.2. The molecule has 4 aromatic rings. The molecule has 152 valence electrons. The molecule has 0 N–H and O–H groups in total. The fourth-order valence-corrected chi connectivity index (χ4v) is 4.22. The predicted molar refractivity (Wildman–Crippen MR) is 122 cm³/mol. The highest BCUT2D eigenvalue weighted by Gasteiger charge is 2.34. The quantitative estimate of drug-likeness (QED) is 0.313. The van der Waals surface area contributed by atoms with E-state index in [0.717, 1.165) is 41.4 Å². The number of rotatable bonds is 6. The van der Waals surface area contributed by atoms with Crippen molar-refractivity contribution in [3.05, 3.63) is 102 Å². The van der Waals surface area contributed by atoms with Gasteiger partial charge in [-0.15, -0.1) is 0 Å². The number of carbonyl (C=O) groups is 2. The van der Waals surface area contributed by atoms with Crippen LogP contribution >= 0.6 is 0 Å². The number of aryl methyl sites for hydroxylation is 1. The largest absolute Gasteiger partial charge is 0.274 e. The van der Waals surface area contributed by atoms with E-state index < -0.39 is 0 Å². The second kappa shape index (κ2) is 8.15. The molecule has 4 heteroatoms. The van der Waals surface area contributed by atoms with Crippen LogP contribution in [0, 0.1) is 0 Å². The van der Waals surface area contributed by atoms with Gasteiger partial charge in [-0.3, -0.25) is 14.5 Å². The third kappa shape index (κ3) is 3.61. The van der Waals surface area contributed by atoms with Crippen LogP contribution in [-0.4, -0.2) is 28.2 Å². The van der Waals surface area contributed by atoms with Crippen molar-refractivity contribution >= 4 is 22.7 Å². The number of benzene rings is 3. The van der Waals surface area contributed by atoms with Crippen LogP contribution in [0.25, 0.3) is 22.2 Å². The lowest BCUT2D eigenvalue weighted by atomic mass is 9.99. The molecule has 1 aliphatic rings. The molecule has 0 atom stereocenters. The summed E-state index contributed by atoms with van der Waals surface area (Å²) in [5.41, 5.74) is 5.29. The third-order valence-electron chi connectivity index (χ3n) is 5.81. The molecule has 4 nitrogen and oxygen atoms in total. The van der Waals surface area contributed by atoms with E-state index in [1.165, 1.54) is 10.5 Å². The monoisotopic (exact) mass is 406 g/mol. The zero-order valence-corrected chi connectivity index (χ0v) is 17.1. The molecule has 0 spiro atoms. The number of hydrogen-bond acceptors (Lipinski definition) is 3. The van der Waals surface area contributed by atoms with Gasteiger partial charge in [0.05, 0.1) is 22.3 Å². The molecule has 1 aromatic heterocycles. The summed E-state index contributed by atoms with van der Waals surface area (Å²) in [6, 6.07) is 27.6. The van der Waals surface area contributed by atoms with E-state index >= 15 is 0 Å². The Bertz CT molecular complexity index is 1250. The van der Waals surface area contributed by atoms with E-state index in [1.807, 2.05) is 36.4 Å². The molecule has 0 saturated carbocycles. The van der Waals surface area contributed by atoms with Gasteiger partial charge in [-0.1, -0.05) is 60.7 Å². The molecule has 0 unspecified atom stereocenters. The average molecular weight is 406 g/mol. The van der Waals surface area contributed by atoms with Gasteiger partial charge in [0.15, 0.2) is 0 Å². The number of fused-ring (bicyclic) bond motifs is 2. The number of hydrogen-bond donors (Lipinski definition) is 0. The Balaban J connectivity index is 1.32. The van der Waals surface area contributed by atoms with Crippen LogP contribution in [0.4, 0.5) is 0 Å². The Kier molecular flexibility index (Phi) is 5.04. The molecule has 1 aliphatic heterocycles. The van der Waals surface area contributed by atoms with Crippen molar-refractivity contribution in [1.29, 1.82) is 0 Å². The van der Waals surface area contributed by atoms with Crippen LogP contribution in [0.2, 0.25) is 0 Å². The first kappa shape index (κ1) is 19.2. The van der Waals surface area contributed by atoms with Crippen molar-refractivity contribution in [2.45, 2.75) is 19.3 Å². The second-order valence-electron chi connectivity index (χ2n) is 7.82. The highest BCUT2D eigenvalue weighted by molar-refractivity contribution is 6.21. The maximum atomic E-state index is 12.6. The summed E-state index contributed by atoms with van der Waals surface area (Å²) in [6.07, 6.45) is 2.46. The fourth-order valence-electron chi connectivity index (χ4n) is 4.22. The molecule has 0 saturated heterocycles. The summed E-state index contributed by atoms with van der Waals surface area (Å²) in [5, 5.41) is 1.12. The number of pyridine rings is 1. The molecule has 0 fully saturated rings. The number of imide groups is 1. The maximum Gasteiger partial charge on any atom is 0.261 e. The zero-order valence-electron chi connectivity index (χ0n) is 17.1. The van der Waals surface area contributed by atoms with Crippen molar-refractivity contribution < 1.29 is 9.59 Å². The molecule has 5 rings (SSSR count). The van der Waals surface area contributed by atoms with Gasteiger partial charge in [0.1, 0.15) is 0 Å². The number of nitrogens with zero attached hydrogens (tertiary/aromatic N) is 2. The number of unbranched alkanes of at least 4 members (excludes halogenated alkanes) is 1. The minimum absolute atomic E-state index is 0.182. The smallest absolute Gasteiger partial charge is 0.261 e. The predicted octanol–water partition coefficient (Wildman–Crippen LogP) is 5.52. The molecule has 0 radical (unpaired) electrons. The van der Waals surface area contributed by atoms with Gasteiger partial charge in [0.2, 0.25) is 0 Å². The van der Waals surface area contributed by atoms with Gasteiger partial charge in [0.25, 0.3) is 11.8 Å². The highest BCUT2D eigenvalue weighted by Crippen LogP contribution is 2.27. The molecular formula is C27H22N2O2. The lowest BCUT2D eigenvalue weighted by Gasteiger charge is -2.14. The Morgan fingerprint density at radius 2 is 1.35 bits per heavy atom. The molecular weight excluding hydrogens is 384 g/mol. The van der Waals surface area contributed by atoms with Crippen LogP contribution in [0.15, 0.2) is 84.9 Å². The van der Waals surface area contributed by atoms with Gasteiger partial charge >= 0.3 is 0 Å². The van der Waals surface area contributed by atoms with E-state index in [-0.39, 0.29) is 11.8 Å². The molecule has 3 aromatic carbocycles. The summed E-state index contributed by atoms with van der Waals surface area (Å²) in [6.45, 7) is 0.439. The Hall–Kier alpha value is -3.79. The van der Waals surface area contributed by atoms with Gasteiger partial charge in [-0.05, 0) is 49.1 Å². The van der Waals surface area contributed by atoms with Gasteiger partial charge in [-0.2, -0.15) is 0 Å². The SMILES string of the molecule is O=C1c2ccccc2C(=O)N1CCCCc1cc2ccccc2nc1-c1ccccc1. The summed E-state index contributed by atoms with van der Waals surface area (Å²) in [5.74, 6) is -0.365. The lowest BCUT2D eigenvalue weighted by Crippen LogP contribution is -2.30. The van der Waals surface area contributed by atoms with Crippen LogP contribution in [0.5, 0.6) is 0 Å². The number of aromatic nitrogens is 1. The topological polar surface area (TPSA) is 50.3 Å². The minimum atomic E-state index is -0.182. The standard InChI is InChI=1S/C27H22N2O2/c30-26-22-14-5-6-15-23(22)27(31)29(26)17-9-8-13-21-18-20-12-4-7-16-24(20)28-25(21)19-10-2-1-3-11-19/h1-7,10-12,14-16,18H,8-9,13,17H2. The van der Waals surface area contributed by atoms with E-state index in [4.69, 9.17) is 4.98 Å². The average Bonchev–Trinajstić information content (AvgIpc) is 3.06. The van der Waals surface area contributed by atoms with E-state index in [1.54, 1.807) is 24.3 Å². The van der Waals surface area contributed by atoms with Crippen LogP contribution < -0.4 is 0 Å². The molecule has 0 bridgehead atoms. The van der Waals surface area contributed by atoms with Crippen molar-refractivity contribution in [2.75, 3.05) is 6.54 Å².